The van der Waals surface area contributed by atoms with Crippen molar-refractivity contribution < 1.29 is 17.2 Å². The lowest BCUT2D eigenvalue weighted by atomic mass is 10.3. The third-order valence-electron chi connectivity index (χ3n) is 2.55. The summed E-state index contributed by atoms with van der Waals surface area (Å²) in [6.07, 6.45) is 0. The summed E-state index contributed by atoms with van der Waals surface area (Å²) >= 11 is 0. The number of nitrogens with zero attached hydrogens (tertiary/aromatic N) is 3. The largest absolute Gasteiger partial charge is 0.263 e. The van der Waals surface area contributed by atoms with E-state index in [4.69, 9.17) is 0 Å². The number of aromatic nitrogens is 3. The fourth-order valence-electron chi connectivity index (χ4n) is 1.60. The molecule has 1 aromatic carbocycles. The van der Waals surface area contributed by atoms with Crippen LogP contribution in [0.25, 0.3) is 0 Å². The maximum atomic E-state index is 13.1. The summed E-state index contributed by atoms with van der Waals surface area (Å²) in [4.78, 5) is 3.52. The summed E-state index contributed by atoms with van der Waals surface area (Å²) in [7, 11) is -2.73. The highest BCUT2D eigenvalue weighted by Gasteiger charge is 2.23. The number of rotatable bonds is 4. The molecule has 108 valence electrons. The zero-order chi connectivity index (χ0) is 14.9. The Labute approximate surface area is 114 Å². The zero-order valence-electron chi connectivity index (χ0n) is 10.8. The van der Waals surface area contributed by atoms with Crippen LogP contribution in [-0.4, -0.2) is 35.0 Å². The van der Waals surface area contributed by atoms with Crippen molar-refractivity contribution in [2.24, 2.45) is 0 Å². The van der Waals surface area contributed by atoms with Crippen molar-refractivity contribution in [3.63, 3.8) is 0 Å². The predicted molar refractivity (Wildman–Crippen MR) is 66.1 cm³/mol. The molecule has 0 aliphatic carbocycles. The zero-order valence-corrected chi connectivity index (χ0v) is 11.6. The predicted octanol–water partition coefficient (Wildman–Crippen LogP) is 1.21. The molecular formula is C11H12F2N4O2S. The van der Waals surface area contributed by atoms with E-state index in [0.29, 0.717) is 11.9 Å². The number of aromatic amines is 1. The van der Waals surface area contributed by atoms with Crippen LogP contribution in [-0.2, 0) is 16.6 Å². The Balaban J connectivity index is 2.29. The molecule has 0 atom stereocenters. The second-order valence-corrected chi connectivity index (χ2v) is 6.25. The van der Waals surface area contributed by atoms with Gasteiger partial charge in [0.15, 0.2) is 5.82 Å². The van der Waals surface area contributed by atoms with Gasteiger partial charge in [-0.15, -0.1) is 0 Å². The van der Waals surface area contributed by atoms with Gasteiger partial charge in [0.1, 0.15) is 17.5 Å². The van der Waals surface area contributed by atoms with Crippen LogP contribution in [0.1, 0.15) is 11.6 Å². The monoisotopic (exact) mass is 302 g/mol. The summed E-state index contributed by atoms with van der Waals surface area (Å²) in [5.41, 5.74) is 0. The van der Waals surface area contributed by atoms with E-state index in [1.807, 2.05) is 0 Å². The van der Waals surface area contributed by atoms with Crippen LogP contribution in [0.4, 0.5) is 8.78 Å². The molecule has 1 heterocycles. The molecule has 0 fully saturated rings. The van der Waals surface area contributed by atoms with Gasteiger partial charge >= 0.3 is 0 Å². The Morgan fingerprint density at radius 1 is 1.25 bits per heavy atom. The fourth-order valence-corrected chi connectivity index (χ4v) is 2.77. The Hall–Kier alpha value is -1.87. The molecule has 0 unspecified atom stereocenters. The van der Waals surface area contributed by atoms with E-state index in [-0.39, 0.29) is 12.4 Å². The van der Waals surface area contributed by atoms with Gasteiger partial charge in [-0.2, -0.15) is 9.40 Å². The lowest BCUT2D eigenvalue weighted by Gasteiger charge is -2.15. The lowest BCUT2D eigenvalue weighted by Crippen LogP contribution is -2.27. The SMILES string of the molecule is Cc1nc(CN(C)S(=O)(=O)c2cc(F)cc(F)c2)n[nH]1. The van der Waals surface area contributed by atoms with Crippen molar-refractivity contribution in [1.82, 2.24) is 19.5 Å². The van der Waals surface area contributed by atoms with Crippen LogP contribution < -0.4 is 0 Å². The molecular weight excluding hydrogens is 290 g/mol. The van der Waals surface area contributed by atoms with E-state index in [1.165, 1.54) is 7.05 Å². The number of aryl methyl sites for hydroxylation is 1. The van der Waals surface area contributed by atoms with Crippen LogP contribution in [0.3, 0.4) is 0 Å². The van der Waals surface area contributed by atoms with E-state index in [9.17, 15) is 17.2 Å². The quantitative estimate of drug-likeness (QED) is 0.921. The van der Waals surface area contributed by atoms with Crippen molar-refractivity contribution in [3.8, 4) is 0 Å². The smallest absolute Gasteiger partial charge is 0.243 e. The van der Waals surface area contributed by atoms with Gasteiger partial charge in [0.25, 0.3) is 0 Å². The normalized spacial score (nSPS) is 12.1. The van der Waals surface area contributed by atoms with Crippen LogP contribution in [0, 0.1) is 18.6 Å². The summed E-state index contributed by atoms with van der Waals surface area (Å²) < 4.78 is 51.5. The Morgan fingerprint density at radius 2 is 1.85 bits per heavy atom. The second kappa shape index (κ2) is 5.25. The molecule has 0 saturated carbocycles. The average Bonchev–Trinajstić information content (AvgIpc) is 2.73. The topological polar surface area (TPSA) is 79.0 Å². The van der Waals surface area contributed by atoms with Crippen molar-refractivity contribution in [2.75, 3.05) is 7.05 Å². The highest BCUT2D eigenvalue weighted by Crippen LogP contribution is 2.18. The first-order chi connectivity index (χ1) is 9.29. The van der Waals surface area contributed by atoms with Crippen molar-refractivity contribution in [2.45, 2.75) is 18.4 Å². The number of hydrogen-bond acceptors (Lipinski definition) is 4. The van der Waals surface area contributed by atoms with E-state index in [1.54, 1.807) is 6.92 Å². The minimum absolute atomic E-state index is 0.106. The van der Waals surface area contributed by atoms with Crippen LogP contribution in [0.5, 0.6) is 0 Å². The third-order valence-corrected chi connectivity index (χ3v) is 4.33. The van der Waals surface area contributed by atoms with Crippen molar-refractivity contribution in [1.29, 1.82) is 0 Å². The Kier molecular flexibility index (Phi) is 3.82. The molecule has 0 radical (unpaired) electrons. The Bertz CT molecular complexity index is 710. The standard InChI is InChI=1S/C11H12F2N4O2S/c1-7-14-11(16-15-7)6-17(2)20(18,19)10-4-8(12)3-9(13)5-10/h3-5H,6H2,1-2H3,(H,14,15,16). The molecule has 9 heteroatoms. The molecule has 2 aromatic rings. The van der Waals surface area contributed by atoms with Gasteiger partial charge in [-0.05, 0) is 19.1 Å². The molecule has 0 aliphatic heterocycles. The van der Waals surface area contributed by atoms with Gasteiger partial charge in [0.2, 0.25) is 10.0 Å². The lowest BCUT2D eigenvalue weighted by molar-refractivity contribution is 0.455. The molecule has 2 rings (SSSR count). The second-order valence-electron chi connectivity index (χ2n) is 4.20. The summed E-state index contributed by atoms with van der Waals surface area (Å²) in [6.45, 7) is 1.57. The summed E-state index contributed by atoms with van der Waals surface area (Å²) in [5, 5.41) is 6.39. The first-order valence-electron chi connectivity index (χ1n) is 5.59. The highest BCUT2D eigenvalue weighted by atomic mass is 32.2. The molecule has 0 amide bonds. The van der Waals surface area contributed by atoms with Crippen molar-refractivity contribution in [3.05, 3.63) is 41.5 Å². The van der Waals surface area contributed by atoms with E-state index in [2.05, 4.69) is 15.2 Å². The van der Waals surface area contributed by atoms with E-state index in [0.717, 1.165) is 16.4 Å². The van der Waals surface area contributed by atoms with Crippen molar-refractivity contribution >= 4 is 10.0 Å². The first kappa shape index (κ1) is 14.5. The third kappa shape index (κ3) is 2.99. The van der Waals surface area contributed by atoms with Crippen LogP contribution in [0.15, 0.2) is 23.1 Å². The van der Waals surface area contributed by atoms with Gasteiger partial charge in [0, 0.05) is 13.1 Å². The van der Waals surface area contributed by atoms with Gasteiger partial charge < -0.3 is 0 Å². The number of benzene rings is 1. The molecule has 1 aromatic heterocycles. The van der Waals surface area contributed by atoms with E-state index < -0.39 is 26.6 Å². The minimum atomic E-state index is -4.01. The number of H-pyrrole nitrogens is 1. The number of sulfonamides is 1. The molecule has 0 spiro atoms. The number of hydrogen-bond donors (Lipinski definition) is 1. The molecule has 0 saturated heterocycles. The maximum Gasteiger partial charge on any atom is 0.243 e. The fraction of sp³-hybridized carbons (Fsp3) is 0.273. The number of nitrogens with one attached hydrogen (secondary N) is 1. The maximum absolute atomic E-state index is 13.1. The van der Waals surface area contributed by atoms with Crippen LogP contribution in [0.2, 0.25) is 0 Å². The molecule has 1 N–H and O–H groups in total. The van der Waals surface area contributed by atoms with Gasteiger partial charge in [0.05, 0.1) is 11.4 Å². The van der Waals surface area contributed by atoms with Gasteiger partial charge in [-0.1, -0.05) is 0 Å². The summed E-state index contributed by atoms with van der Waals surface area (Å²) in [5.74, 6) is -1.09. The van der Waals surface area contributed by atoms with Gasteiger partial charge in [-0.25, -0.2) is 22.2 Å². The molecule has 6 nitrogen and oxygen atoms in total. The molecule has 0 bridgehead atoms. The minimum Gasteiger partial charge on any atom is -0.263 e. The van der Waals surface area contributed by atoms with E-state index >= 15 is 0 Å². The summed E-state index contributed by atoms with van der Waals surface area (Å²) in [6, 6.07) is 2.13. The molecule has 20 heavy (non-hydrogen) atoms. The van der Waals surface area contributed by atoms with Gasteiger partial charge in [-0.3, -0.25) is 5.10 Å². The molecule has 0 aliphatic rings. The number of halogens is 2. The highest BCUT2D eigenvalue weighted by molar-refractivity contribution is 7.89. The Morgan fingerprint density at radius 3 is 2.35 bits per heavy atom. The van der Waals surface area contributed by atoms with Crippen LogP contribution >= 0.6 is 0 Å². The average molecular weight is 302 g/mol. The first-order valence-corrected chi connectivity index (χ1v) is 7.03.